The highest BCUT2D eigenvalue weighted by molar-refractivity contribution is 6.10. The van der Waals surface area contributed by atoms with E-state index in [2.05, 4.69) is 15.3 Å². The van der Waals surface area contributed by atoms with E-state index in [4.69, 9.17) is 10.5 Å². The summed E-state index contributed by atoms with van der Waals surface area (Å²) in [7, 11) is 1.16. The van der Waals surface area contributed by atoms with Gasteiger partial charge in [0.15, 0.2) is 11.6 Å². The minimum Gasteiger partial charge on any atom is -0.493 e. The lowest BCUT2D eigenvalue weighted by molar-refractivity contribution is -0.384. The number of nitriles is 2. The molecule has 0 saturated heterocycles. The monoisotopic (exact) mass is 263 g/mol. The Bertz CT molecular complexity index is 613. The van der Waals surface area contributed by atoms with Crippen LogP contribution in [0.2, 0.25) is 0 Å². The molecule has 96 valence electrons. The van der Waals surface area contributed by atoms with E-state index >= 15 is 0 Å². The first-order chi connectivity index (χ1) is 9.03. The minimum absolute atomic E-state index is 0.300. The number of ether oxygens (including phenoxy) is 1. The number of hydrogen-bond acceptors (Lipinski definition) is 7. The van der Waals surface area contributed by atoms with Crippen molar-refractivity contribution in [3.05, 3.63) is 28.1 Å². The fraction of sp³-hybridized carbons (Fsp3) is 0.100. The van der Waals surface area contributed by atoms with Crippen LogP contribution in [0.5, 0.6) is 5.75 Å². The Labute approximate surface area is 106 Å². The zero-order valence-electron chi connectivity index (χ0n) is 9.55. The van der Waals surface area contributed by atoms with Crippen LogP contribution in [0.4, 0.5) is 15.8 Å². The molecule has 0 unspecified atom stereocenters. The summed E-state index contributed by atoms with van der Waals surface area (Å²) in [5, 5.41) is 31.0. The summed E-state index contributed by atoms with van der Waals surface area (Å²) in [6.45, 7) is 0. The molecule has 0 aromatic heterocycles. The average molecular weight is 263 g/mol. The number of hydrazone groups is 1. The molecular weight excluding hydrogens is 257 g/mol. The summed E-state index contributed by atoms with van der Waals surface area (Å²) >= 11 is 0. The molecule has 1 rings (SSSR count). The lowest BCUT2D eigenvalue weighted by Gasteiger charge is -2.05. The number of rotatable bonds is 4. The first-order valence-electron chi connectivity index (χ1n) is 4.69. The molecule has 0 radical (unpaired) electrons. The largest absolute Gasteiger partial charge is 0.493 e. The van der Waals surface area contributed by atoms with Crippen LogP contribution >= 0.6 is 0 Å². The number of nitro groups is 1. The van der Waals surface area contributed by atoms with Gasteiger partial charge in [0.1, 0.15) is 17.8 Å². The van der Waals surface area contributed by atoms with Gasteiger partial charge in [-0.15, -0.1) is 0 Å². The number of nitrogens with one attached hydrogen (secondary N) is 1. The second-order valence-corrected chi connectivity index (χ2v) is 3.06. The Hall–Kier alpha value is -3.20. The zero-order valence-corrected chi connectivity index (χ0v) is 9.55. The summed E-state index contributed by atoms with van der Waals surface area (Å²) in [5.41, 5.74) is 0.742. The van der Waals surface area contributed by atoms with Crippen LogP contribution in [0.15, 0.2) is 17.2 Å². The smallest absolute Gasteiger partial charge is 0.298 e. The van der Waals surface area contributed by atoms with Gasteiger partial charge in [0.25, 0.3) is 5.69 Å². The summed E-state index contributed by atoms with van der Waals surface area (Å²) in [6, 6.07) is 4.54. The molecule has 19 heavy (non-hydrogen) atoms. The maximum Gasteiger partial charge on any atom is 0.298 e. The number of nitro benzene ring substituents is 1. The van der Waals surface area contributed by atoms with E-state index in [0.717, 1.165) is 19.2 Å². The van der Waals surface area contributed by atoms with E-state index in [0.29, 0.717) is 0 Å². The quantitative estimate of drug-likeness (QED) is 0.499. The highest BCUT2D eigenvalue weighted by Crippen LogP contribution is 2.31. The molecule has 0 fully saturated rings. The lowest BCUT2D eigenvalue weighted by atomic mass is 10.2. The van der Waals surface area contributed by atoms with Crippen molar-refractivity contribution >= 4 is 17.1 Å². The zero-order chi connectivity index (χ0) is 14.4. The molecule has 0 bridgehead atoms. The van der Waals surface area contributed by atoms with Crippen molar-refractivity contribution in [3.8, 4) is 17.9 Å². The molecule has 1 N–H and O–H groups in total. The van der Waals surface area contributed by atoms with Crippen LogP contribution in [0.1, 0.15) is 0 Å². The van der Waals surface area contributed by atoms with Gasteiger partial charge in [-0.3, -0.25) is 15.5 Å². The van der Waals surface area contributed by atoms with Crippen molar-refractivity contribution < 1.29 is 14.1 Å². The molecule has 0 spiro atoms. The molecule has 1 aromatic rings. The third kappa shape index (κ3) is 3.14. The molecule has 8 nitrogen and oxygen atoms in total. The number of nitrogens with zero attached hydrogens (tertiary/aromatic N) is 4. The number of benzene rings is 1. The van der Waals surface area contributed by atoms with Gasteiger partial charge in [-0.1, -0.05) is 0 Å². The maximum atomic E-state index is 13.4. The van der Waals surface area contributed by atoms with Crippen molar-refractivity contribution in [2.45, 2.75) is 0 Å². The van der Waals surface area contributed by atoms with Crippen LogP contribution in [-0.2, 0) is 0 Å². The van der Waals surface area contributed by atoms with Gasteiger partial charge >= 0.3 is 0 Å². The molecular formula is C10H6FN5O3. The number of halogens is 1. The topological polar surface area (TPSA) is 124 Å². The van der Waals surface area contributed by atoms with Crippen LogP contribution in [-0.4, -0.2) is 17.7 Å². The van der Waals surface area contributed by atoms with Gasteiger partial charge in [-0.05, 0) is 0 Å². The van der Waals surface area contributed by atoms with Gasteiger partial charge in [-0.25, -0.2) is 4.39 Å². The standard InChI is InChI=1S/C10H6FN5O3/c1-19-10-3-9(16(17)18)8(2-7(10)11)15-14-6(4-12)5-13/h2-3,15H,1H3. The first kappa shape index (κ1) is 13.9. The summed E-state index contributed by atoms with van der Waals surface area (Å²) in [5.74, 6) is -1.15. The number of anilines is 1. The average Bonchev–Trinajstić information content (AvgIpc) is 2.39. The lowest BCUT2D eigenvalue weighted by Crippen LogP contribution is -2.01. The van der Waals surface area contributed by atoms with E-state index in [9.17, 15) is 14.5 Å². The predicted molar refractivity (Wildman–Crippen MR) is 61.9 cm³/mol. The summed E-state index contributed by atoms with van der Waals surface area (Å²) < 4.78 is 18.0. The third-order valence-electron chi connectivity index (χ3n) is 1.97. The van der Waals surface area contributed by atoms with Crippen molar-refractivity contribution in [1.82, 2.24) is 0 Å². The second-order valence-electron chi connectivity index (χ2n) is 3.06. The fourth-order valence-electron chi connectivity index (χ4n) is 1.13. The molecule has 0 amide bonds. The van der Waals surface area contributed by atoms with Crippen LogP contribution in [0.25, 0.3) is 0 Å². The van der Waals surface area contributed by atoms with Gasteiger partial charge in [0.05, 0.1) is 18.1 Å². The number of hydrogen-bond donors (Lipinski definition) is 1. The van der Waals surface area contributed by atoms with Crippen molar-refractivity contribution in [2.75, 3.05) is 12.5 Å². The van der Waals surface area contributed by atoms with Gasteiger partial charge in [0.2, 0.25) is 5.71 Å². The summed E-state index contributed by atoms with van der Waals surface area (Å²) in [6.07, 6.45) is 0. The van der Waals surface area contributed by atoms with E-state index in [1.165, 1.54) is 12.1 Å². The Kier molecular flexibility index (Phi) is 4.33. The van der Waals surface area contributed by atoms with Crippen molar-refractivity contribution in [2.24, 2.45) is 5.10 Å². The van der Waals surface area contributed by atoms with E-state index in [-0.39, 0.29) is 11.4 Å². The molecule has 0 aliphatic carbocycles. The van der Waals surface area contributed by atoms with Crippen LogP contribution in [0.3, 0.4) is 0 Å². The van der Waals surface area contributed by atoms with Gasteiger partial charge in [0, 0.05) is 6.07 Å². The SMILES string of the molecule is COc1cc([N+](=O)[O-])c(NN=C(C#N)C#N)cc1F. The minimum atomic E-state index is -0.846. The van der Waals surface area contributed by atoms with Crippen LogP contribution < -0.4 is 10.2 Å². The molecule has 0 aliphatic heterocycles. The Morgan fingerprint density at radius 2 is 2.16 bits per heavy atom. The highest BCUT2D eigenvalue weighted by Gasteiger charge is 2.19. The first-order valence-corrected chi connectivity index (χ1v) is 4.69. The normalized spacial score (nSPS) is 8.84. The number of methoxy groups -OCH3 is 1. The molecule has 9 heteroatoms. The fourth-order valence-corrected chi connectivity index (χ4v) is 1.13. The molecule has 0 heterocycles. The molecule has 0 aliphatic rings. The molecule has 0 saturated carbocycles. The van der Waals surface area contributed by atoms with Gasteiger partial charge in [-0.2, -0.15) is 15.6 Å². The summed E-state index contributed by atoms with van der Waals surface area (Å²) in [4.78, 5) is 10.0. The molecule has 1 aromatic carbocycles. The predicted octanol–water partition coefficient (Wildman–Crippen LogP) is 1.56. The van der Waals surface area contributed by atoms with Crippen molar-refractivity contribution in [1.29, 1.82) is 10.5 Å². The van der Waals surface area contributed by atoms with Crippen molar-refractivity contribution in [3.63, 3.8) is 0 Å². The van der Waals surface area contributed by atoms with Gasteiger partial charge < -0.3 is 4.74 Å². The highest BCUT2D eigenvalue weighted by atomic mass is 19.1. The van der Waals surface area contributed by atoms with E-state index < -0.39 is 22.1 Å². The maximum absolute atomic E-state index is 13.4. The van der Waals surface area contributed by atoms with E-state index in [1.807, 2.05) is 0 Å². The Morgan fingerprint density at radius 3 is 2.63 bits per heavy atom. The van der Waals surface area contributed by atoms with E-state index in [1.54, 1.807) is 0 Å². The Balaban J connectivity index is 3.25. The third-order valence-corrected chi connectivity index (χ3v) is 1.97. The second kappa shape index (κ2) is 5.93. The van der Waals surface area contributed by atoms with Crippen LogP contribution in [0, 0.1) is 38.6 Å². The Morgan fingerprint density at radius 1 is 1.53 bits per heavy atom. The molecule has 0 atom stereocenters.